The molecule has 0 spiro atoms. The summed E-state index contributed by atoms with van der Waals surface area (Å²) in [5.41, 5.74) is 11.1. The molecule has 0 bridgehead atoms. The Balaban J connectivity index is 1.35. The quantitative estimate of drug-likeness (QED) is 0.217. The predicted octanol–water partition coefficient (Wildman–Crippen LogP) is 10.5. The highest BCUT2D eigenvalue weighted by molar-refractivity contribution is 7.99. The lowest BCUT2D eigenvalue weighted by atomic mass is 9.99. The van der Waals surface area contributed by atoms with Crippen molar-refractivity contribution in [1.82, 2.24) is 9.13 Å². The van der Waals surface area contributed by atoms with Gasteiger partial charge in [0.05, 0.1) is 16.7 Å². The van der Waals surface area contributed by atoms with Gasteiger partial charge in [0.2, 0.25) is 0 Å². The van der Waals surface area contributed by atoms with Gasteiger partial charge in [-0.1, -0.05) is 121 Å². The van der Waals surface area contributed by atoms with Crippen LogP contribution in [0.15, 0.2) is 155 Å². The molecule has 192 valence electrons. The van der Waals surface area contributed by atoms with Crippen molar-refractivity contribution in [2.45, 2.75) is 9.79 Å². The maximum atomic E-state index is 2.49. The third kappa shape index (κ3) is 3.33. The highest BCUT2D eigenvalue weighted by Crippen LogP contribution is 2.49. The molecule has 1 aliphatic rings. The van der Waals surface area contributed by atoms with Crippen LogP contribution in [0, 0.1) is 0 Å². The summed E-state index contributed by atoms with van der Waals surface area (Å²) in [4.78, 5) is 2.59. The number of hydrogen-bond donors (Lipinski definition) is 0. The average Bonchev–Trinajstić information content (AvgIpc) is 3.56. The summed E-state index contributed by atoms with van der Waals surface area (Å²) in [6.07, 6.45) is 0. The van der Waals surface area contributed by atoms with E-state index in [2.05, 4.69) is 155 Å². The van der Waals surface area contributed by atoms with E-state index in [0.29, 0.717) is 0 Å². The molecular weight excluding hydrogens is 516 g/mol. The minimum Gasteiger partial charge on any atom is -0.295 e. The Morgan fingerprint density at radius 2 is 1.07 bits per heavy atom. The van der Waals surface area contributed by atoms with Crippen LogP contribution in [0.2, 0.25) is 0 Å². The Morgan fingerprint density at radius 1 is 0.439 bits per heavy atom. The zero-order chi connectivity index (χ0) is 26.9. The van der Waals surface area contributed by atoms with Gasteiger partial charge in [0.1, 0.15) is 5.65 Å². The first-order valence-electron chi connectivity index (χ1n) is 14.0. The molecule has 0 saturated heterocycles. The SMILES string of the molecule is c1ccc(-c2ccc(-c3ccc4c5c6cccc7c6n(c5n(-c5ccccc5)c4c3)-c3ccccc3S7)cc2)cc1. The number of hydrogen-bond acceptors (Lipinski definition) is 1. The fraction of sp³-hybridized carbons (Fsp3) is 0. The number of rotatable bonds is 3. The lowest BCUT2D eigenvalue weighted by molar-refractivity contribution is 1.03. The zero-order valence-electron chi connectivity index (χ0n) is 22.2. The number of fused-ring (bicyclic) bond motifs is 7. The van der Waals surface area contributed by atoms with Crippen molar-refractivity contribution in [1.29, 1.82) is 0 Å². The van der Waals surface area contributed by atoms with Crippen molar-refractivity contribution in [3.05, 3.63) is 146 Å². The van der Waals surface area contributed by atoms with E-state index in [1.54, 1.807) is 0 Å². The molecule has 2 nitrogen and oxygen atoms in total. The molecule has 0 unspecified atom stereocenters. The van der Waals surface area contributed by atoms with Crippen molar-refractivity contribution < 1.29 is 0 Å². The molecule has 0 atom stereocenters. The fourth-order valence-corrected chi connectivity index (χ4v) is 7.57. The van der Waals surface area contributed by atoms with Gasteiger partial charge in [-0.25, -0.2) is 0 Å². The second-order valence-electron chi connectivity index (χ2n) is 10.6. The topological polar surface area (TPSA) is 9.86 Å². The molecule has 9 rings (SSSR count). The second kappa shape index (κ2) is 8.76. The van der Waals surface area contributed by atoms with Gasteiger partial charge < -0.3 is 0 Å². The minimum absolute atomic E-state index is 1.17. The molecule has 0 aliphatic carbocycles. The number of benzene rings is 6. The van der Waals surface area contributed by atoms with E-state index in [1.165, 1.54) is 76.3 Å². The van der Waals surface area contributed by atoms with Gasteiger partial charge in [0.25, 0.3) is 0 Å². The molecule has 3 heterocycles. The smallest absolute Gasteiger partial charge is 0.131 e. The molecule has 0 saturated carbocycles. The Hall–Kier alpha value is -4.99. The van der Waals surface area contributed by atoms with E-state index in [9.17, 15) is 0 Å². The van der Waals surface area contributed by atoms with Crippen LogP contribution < -0.4 is 0 Å². The molecule has 2 aromatic heterocycles. The summed E-state index contributed by atoms with van der Waals surface area (Å²) in [7, 11) is 0. The lowest BCUT2D eigenvalue weighted by Gasteiger charge is -2.21. The monoisotopic (exact) mass is 540 g/mol. The third-order valence-corrected chi connectivity index (χ3v) is 9.43. The summed E-state index contributed by atoms with van der Waals surface area (Å²) in [6, 6.07) is 52.8. The Morgan fingerprint density at radius 3 is 1.88 bits per heavy atom. The van der Waals surface area contributed by atoms with Crippen molar-refractivity contribution in [2.75, 3.05) is 0 Å². The maximum Gasteiger partial charge on any atom is 0.131 e. The predicted molar refractivity (Wildman–Crippen MR) is 173 cm³/mol. The van der Waals surface area contributed by atoms with Gasteiger partial charge in [-0.2, -0.15) is 0 Å². The number of nitrogens with zero attached hydrogens (tertiary/aromatic N) is 2. The number of para-hydroxylation sites is 3. The summed E-state index contributed by atoms with van der Waals surface area (Å²) in [6.45, 7) is 0. The van der Waals surface area contributed by atoms with Crippen LogP contribution in [-0.2, 0) is 0 Å². The molecule has 8 aromatic rings. The molecule has 41 heavy (non-hydrogen) atoms. The van der Waals surface area contributed by atoms with Crippen LogP contribution in [-0.4, -0.2) is 9.13 Å². The van der Waals surface area contributed by atoms with E-state index in [1.807, 2.05) is 11.8 Å². The standard InChI is InChI=1S/C38H24N2S/c1-3-10-25(11-4-1)26-18-20-27(21-19-26)28-22-23-30-33(24-28)39(29-12-5-2-6-13-29)38-36(30)31-14-9-17-35-37(31)40(38)32-15-7-8-16-34(32)41-35/h1-24H. The first kappa shape index (κ1) is 22.8. The van der Waals surface area contributed by atoms with Crippen LogP contribution in [0.5, 0.6) is 0 Å². The first-order valence-corrected chi connectivity index (χ1v) is 14.8. The van der Waals surface area contributed by atoms with E-state index in [0.717, 1.165) is 0 Å². The molecule has 1 aliphatic heterocycles. The van der Waals surface area contributed by atoms with Crippen molar-refractivity contribution in [3.8, 4) is 33.6 Å². The Labute approximate surface area is 242 Å². The summed E-state index contributed by atoms with van der Waals surface area (Å²) in [5, 5.41) is 3.89. The molecule has 0 radical (unpaired) electrons. The van der Waals surface area contributed by atoms with E-state index >= 15 is 0 Å². The molecule has 6 aromatic carbocycles. The van der Waals surface area contributed by atoms with Crippen LogP contribution in [0.1, 0.15) is 0 Å². The number of aromatic nitrogens is 2. The highest BCUT2D eigenvalue weighted by atomic mass is 32.2. The van der Waals surface area contributed by atoms with Gasteiger partial charge in [0, 0.05) is 31.6 Å². The molecular formula is C38H24N2S. The molecule has 3 heteroatoms. The molecule has 0 amide bonds. The van der Waals surface area contributed by atoms with E-state index in [4.69, 9.17) is 0 Å². The Bertz CT molecular complexity index is 2260. The average molecular weight is 541 g/mol. The van der Waals surface area contributed by atoms with Crippen molar-refractivity contribution >= 4 is 44.6 Å². The van der Waals surface area contributed by atoms with Gasteiger partial charge in [0.15, 0.2) is 0 Å². The summed E-state index contributed by atoms with van der Waals surface area (Å²) < 4.78 is 4.95. The maximum absolute atomic E-state index is 2.49. The van der Waals surface area contributed by atoms with Crippen molar-refractivity contribution in [2.24, 2.45) is 0 Å². The summed E-state index contributed by atoms with van der Waals surface area (Å²) >= 11 is 1.87. The van der Waals surface area contributed by atoms with Gasteiger partial charge in [-0.15, -0.1) is 0 Å². The normalized spacial score (nSPS) is 12.3. The van der Waals surface area contributed by atoms with Gasteiger partial charge in [-0.05, 0) is 58.7 Å². The van der Waals surface area contributed by atoms with Crippen molar-refractivity contribution in [3.63, 3.8) is 0 Å². The van der Waals surface area contributed by atoms with E-state index < -0.39 is 0 Å². The van der Waals surface area contributed by atoms with Crippen LogP contribution in [0.3, 0.4) is 0 Å². The van der Waals surface area contributed by atoms with Crippen LogP contribution in [0.4, 0.5) is 0 Å². The molecule has 0 N–H and O–H groups in total. The second-order valence-corrected chi connectivity index (χ2v) is 11.7. The first-order chi connectivity index (χ1) is 20.3. The van der Waals surface area contributed by atoms with Gasteiger partial charge in [-0.3, -0.25) is 9.13 Å². The minimum atomic E-state index is 1.17. The largest absolute Gasteiger partial charge is 0.295 e. The molecule has 0 fully saturated rings. The van der Waals surface area contributed by atoms with Crippen LogP contribution >= 0.6 is 11.8 Å². The lowest BCUT2D eigenvalue weighted by Crippen LogP contribution is -2.05. The Kier molecular flexibility index (Phi) is 4.87. The fourth-order valence-electron chi connectivity index (χ4n) is 6.48. The highest BCUT2D eigenvalue weighted by Gasteiger charge is 2.27. The van der Waals surface area contributed by atoms with Gasteiger partial charge >= 0.3 is 0 Å². The zero-order valence-corrected chi connectivity index (χ0v) is 23.0. The van der Waals surface area contributed by atoms with E-state index in [-0.39, 0.29) is 0 Å². The summed E-state index contributed by atoms with van der Waals surface area (Å²) in [5.74, 6) is 0. The van der Waals surface area contributed by atoms with Crippen LogP contribution in [0.25, 0.3) is 66.5 Å². The third-order valence-electron chi connectivity index (χ3n) is 8.31.